The first-order chi connectivity index (χ1) is 11.1. The Hall–Kier alpha value is -1.96. The van der Waals surface area contributed by atoms with E-state index in [1.54, 1.807) is 36.0 Å². The smallest absolute Gasteiger partial charge is 0.315 e. The summed E-state index contributed by atoms with van der Waals surface area (Å²) in [5.41, 5.74) is 1.09. The number of halogens is 2. The second-order valence-electron chi connectivity index (χ2n) is 5.23. The summed E-state index contributed by atoms with van der Waals surface area (Å²) in [6.45, 7) is 1.51. The number of thioether (sulfide) groups is 1. The summed E-state index contributed by atoms with van der Waals surface area (Å²) < 4.78 is 29.4. The molecule has 8 heteroatoms. The van der Waals surface area contributed by atoms with E-state index >= 15 is 0 Å². The normalized spacial score (nSPS) is 17.9. The molecule has 1 aliphatic heterocycles. The fraction of sp³-hybridized carbons (Fsp3) is 0.400. The average molecular weight is 339 g/mol. The van der Waals surface area contributed by atoms with Crippen LogP contribution in [0.2, 0.25) is 0 Å². The summed E-state index contributed by atoms with van der Waals surface area (Å²) in [6.07, 6.45) is 0.257. The highest BCUT2D eigenvalue weighted by Gasteiger charge is 2.26. The van der Waals surface area contributed by atoms with Crippen molar-refractivity contribution in [1.29, 1.82) is 0 Å². The summed E-state index contributed by atoms with van der Waals surface area (Å²) in [7, 11) is 0. The van der Waals surface area contributed by atoms with E-state index in [1.807, 2.05) is 11.2 Å². The molecule has 0 aliphatic carbocycles. The number of hydrogen-bond donors (Lipinski definition) is 0. The van der Waals surface area contributed by atoms with Gasteiger partial charge >= 0.3 is 6.43 Å². The van der Waals surface area contributed by atoms with Gasteiger partial charge in [-0.05, 0) is 24.8 Å². The zero-order valence-corrected chi connectivity index (χ0v) is 13.2. The first kappa shape index (κ1) is 15.9. The van der Waals surface area contributed by atoms with Crippen LogP contribution in [0.4, 0.5) is 8.78 Å². The zero-order chi connectivity index (χ0) is 16.4. The molecule has 2 heterocycles. The molecule has 3 rings (SSSR count). The van der Waals surface area contributed by atoms with Gasteiger partial charge < -0.3 is 9.42 Å². The van der Waals surface area contributed by atoms with Crippen molar-refractivity contribution in [2.45, 2.75) is 18.1 Å². The Morgan fingerprint density at radius 2 is 2.13 bits per heavy atom. The minimum Gasteiger partial charge on any atom is -0.337 e. The average Bonchev–Trinajstić information content (AvgIpc) is 3.23. The molecule has 0 bridgehead atoms. The van der Waals surface area contributed by atoms with E-state index in [2.05, 4.69) is 14.7 Å². The number of nitrogens with zero attached hydrogens (tertiary/aromatic N) is 3. The SMILES string of the molecule is CSC1CCN(C(=O)c2ccc(-c3noc(C(F)F)n3)cc2)C1. The number of hydrogen-bond acceptors (Lipinski definition) is 5. The molecule has 1 aromatic heterocycles. The van der Waals surface area contributed by atoms with E-state index in [-0.39, 0.29) is 11.7 Å². The quantitative estimate of drug-likeness (QED) is 0.856. The van der Waals surface area contributed by atoms with Crippen LogP contribution < -0.4 is 0 Å². The molecule has 0 saturated carbocycles. The van der Waals surface area contributed by atoms with Crippen molar-refractivity contribution in [2.75, 3.05) is 19.3 Å². The number of aromatic nitrogens is 2. The van der Waals surface area contributed by atoms with Crippen molar-refractivity contribution in [3.63, 3.8) is 0 Å². The molecule has 0 radical (unpaired) electrons. The fourth-order valence-electron chi connectivity index (χ4n) is 2.49. The highest BCUT2D eigenvalue weighted by Crippen LogP contribution is 2.24. The molecular formula is C15H15F2N3O2S. The van der Waals surface area contributed by atoms with E-state index in [0.29, 0.717) is 16.4 Å². The molecule has 1 atom stereocenters. The molecule has 0 N–H and O–H groups in total. The minimum absolute atomic E-state index is 0.0190. The lowest BCUT2D eigenvalue weighted by atomic mass is 10.1. The highest BCUT2D eigenvalue weighted by molar-refractivity contribution is 7.99. The number of carbonyl (C=O) groups is 1. The summed E-state index contributed by atoms with van der Waals surface area (Å²) in [5, 5.41) is 4.01. The molecular weight excluding hydrogens is 324 g/mol. The number of rotatable bonds is 4. The summed E-state index contributed by atoms with van der Waals surface area (Å²) >= 11 is 1.77. The molecule has 23 heavy (non-hydrogen) atoms. The molecule has 1 amide bonds. The lowest BCUT2D eigenvalue weighted by Gasteiger charge is -2.16. The van der Waals surface area contributed by atoms with E-state index in [4.69, 9.17) is 0 Å². The molecule has 5 nitrogen and oxygen atoms in total. The van der Waals surface area contributed by atoms with Gasteiger partial charge in [-0.25, -0.2) is 0 Å². The van der Waals surface area contributed by atoms with Crippen LogP contribution in [0.25, 0.3) is 11.4 Å². The van der Waals surface area contributed by atoms with Gasteiger partial charge in [-0.2, -0.15) is 25.5 Å². The van der Waals surface area contributed by atoms with Gasteiger partial charge in [0.15, 0.2) is 0 Å². The maximum absolute atomic E-state index is 12.5. The molecule has 1 aliphatic rings. The molecule has 2 aromatic rings. The Labute approximate surface area is 136 Å². The van der Waals surface area contributed by atoms with Crippen LogP contribution in [0.3, 0.4) is 0 Å². The lowest BCUT2D eigenvalue weighted by Crippen LogP contribution is -2.28. The Morgan fingerprint density at radius 1 is 1.39 bits per heavy atom. The Balaban J connectivity index is 1.72. The number of benzene rings is 1. The summed E-state index contributed by atoms with van der Waals surface area (Å²) in [4.78, 5) is 17.9. The molecule has 1 fully saturated rings. The van der Waals surface area contributed by atoms with Gasteiger partial charge in [0, 0.05) is 29.5 Å². The Morgan fingerprint density at radius 3 is 2.70 bits per heavy atom. The van der Waals surface area contributed by atoms with Gasteiger partial charge in [0.05, 0.1) is 0 Å². The van der Waals surface area contributed by atoms with Crippen LogP contribution in [0.1, 0.15) is 29.1 Å². The van der Waals surface area contributed by atoms with Gasteiger partial charge in [0.25, 0.3) is 11.8 Å². The maximum Gasteiger partial charge on any atom is 0.315 e. The van der Waals surface area contributed by atoms with Crippen molar-refractivity contribution in [3.8, 4) is 11.4 Å². The van der Waals surface area contributed by atoms with Gasteiger partial charge in [-0.15, -0.1) is 0 Å². The van der Waals surface area contributed by atoms with Gasteiger partial charge in [-0.1, -0.05) is 17.3 Å². The Bertz CT molecular complexity index is 690. The van der Waals surface area contributed by atoms with Crippen LogP contribution in [0.15, 0.2) is 28.8 Å². The number of carbonyl (C=O) groups excluding carboxylic acids is 1. The molecule has 1 saturated heterocycles. The first-order valence-electron chi connectivity index (χ1n) is 7.12. The third kappa shape index (κ3) is 3.36. The van der Waals surface area contributed by atoms with Crippen LogP contribution >= 0.6 is 11.8 Å². The second-order valence-corrected chi connectivity index (χ2v) is 6.37. The van der Waals surface area contributed by atoms with E-state index < -0.39 is 12.3 Å². The maximum atomic E-state index is 12.5. The van der Waals surface area contributed by atoms with E-state index in [1.165, 1.54) is 0 Å². The zero-order valence-electron chi connectivity index (χ0n) is 12.4. The topological polar surface area (TPSA) is 59.2 Å². The van der Waals surface area contributed by atoms with Gasteiger partial charge in [0.1, 0.15) is 0 Å². The minimum atomic E-state index is -2.79. The third-order valence-electron chi connectivity index (χ3n) is 3.78. The van der Waals surface area contributed by atoms with Crippen LogP contribution in [-0.2, 0) is 0 Å². The fourth-order valence-corrected chi connectivity index (χ4v) is 3.16. The molecule has 0 spiro atoms. The highest BCUT2D eigenvalue weighted by atomic mass is 32.2. The van der Waals surface area contributed by atoms with Gasteiger partial charge in [-0.3, -0.25) is 4.79 Å². The lowest BCUT2D eigenvalue weighted by molar-refractivity contribution is 0.0793. The third-order valence-corrected chi connectivity index (χ3v) is 4.84. The standard InChI is InChI=1S/C15H15F2N3O2S/c1-23-11-6-7-20(8-11)15(21)10-4-2-9(3-5-10)13-18-14(12(16)17)22-19-13/h2-5,11-12H,6-8H2,1H3. The van der Waals surface area contributed by atoms with E-state index in [9.17, 15) is 13.6 Å². The number of alkyl halides is 2. The number of likely N-dealkylation sites (tertiary alicyclic amines) is 1. The van der Waals surface area contributed by atoms with Crippen LogP contribution in [-0.4, -0.2) is 45.5 Å². The van der Waals surface area contributed by atoms with Crippen molar-refractivity contribution < 1.29 is 18.1 Å². The van der Waals surface area contributed by atoms with Crippen molar-refractivity contribution in [1.82, 2.24) is 15.0 Å². The molecule has 1 aromatic carbocycles. The summed E-state index contributed by atoms with van der Waals surface area (Å²) in [6, 6.07) is 6.58. The van der Waals surface area contributed by atoms with E-state index in [0.717, 1.165) is 19.5 Å². The first-order valence-corrected chi connectivity index (χ1v) is 8.41. The van der Waals surface area contributed by atoms with Crippen molar-refractivity contribution >= 4 is 17.7 Å². The summed E-state index contributed by atoms with van der Waals surface area (Å²) in [5.74, 6) is -0.641. The van der Waals surface area contributed by atoms with Gasteiger partial charge in [0.2, 0.25) is 5.82 Å². The Kier molecular flexibility index (Phi) is 4.61. The predicted octanol–water partition coefficient (Wildman–Crippen LogP) is 3.25. The molecule has 1 unspecified atom stereocenters. The number of amides is 1. The molecule has 122 valence electrons. The van der Waals surface area contributed by atoms with Crippen molar-refractivity contribution in [3.05, 3.63) is 35.7 Å². The monoisotopic (exact) mass is 339 g/mol. The van der Waals surface area contributed by atoms with Crippen LogP contribution in [0, 0.1) is 0 Å². The predicted molar refractivity (Wildman–Crippen MR) is 82.5 cm³/mol. The second kappa shape index (κ2) is 6.66. The van der Waals surface area contributed by atoms with Crippen LogP contribution in [0.5, 0.6) is 0 Å². The van der Waals surface area contributed by atoms with Crippen molar-refractivity contribution in [2.24, 2.45) is 0 Å². The largest absolute Gasteiger partial charge is 0.337 e.